The van der Waals surface area contributed by atoms with Gasteiger partial charge >= 0.3 is 6.03 Å². The Bertz CT molecular complexity index is 973. The summed E-state index contributed by atoms with van der Waals surface area (Å²) in [6.45, 7) is 8.82. The highest BCUT2D eigenvalue weighted by molar-refractivity contribution is 5.94. The van der Waals surface area contributed by atoms with Crippen LogP contribution in [-0.4, -0.2) is 91.0 Å². The van der Waals surface area contributed by atoms with Crippen molar-refractivity contribution in [3.63, 3.8) is 0 Å². The van der Waals surface area contributed by atoms with E-state index in [0.29, 0.717) is 38.3 Å². The van der Waals surface area contributed by atoms with Crippen LogP contribution in [0.4, 0.5) is 10.6 Å². The topological polar surface area (TPSA) is 72.0 Å². The first-order valence-electron chi connectivity index (χ1n) is 11.8. The molecule has 0 unspecified atom stereocenters. The van der Waals surface area contributed by atoms with Crippen molar-refractivity contribution < 1.29 is 9.59 Å². The van der Waals surface area contributed by atoms with Crippen molar-refractivity contribution in [1.82, 2.24) is 25.0 Å². The molecule has 3 heterocycles. The third-order valence-corrected chi connectivity index (χ3v) is 6.42. The van der Waals surface area contributed by atoms with Gasteiger partial charge in [0.25, 0.3) is 5.91 Å². The van der Waals surface area contributed by atoms with Crippen molar-refractivity contribution in [2.45, 2.75) is 19.9 Å². The summed E-state index contributed by atoms with van der Waals surface area (Å²) in [7, 11) is 2.14. The Balaban J connectivity index is 1.29. The van der Waals surface area contributed by atoms with Crippen LogP contribution < -0.4 is 10.2 Å². The molecule has 8 nitrogen and oxygen atoms in total. The molecule has 176 valence electrons. The van der Waals surface area contributed by atoms with E-state index in [4.69, 9.17) is 0 Å². The summed E-state index contributed by atoms with van der Waals surface area (Å²) >= 11 is 0. The summed E-state index contributed by atoms with van der Waals surface area (Å²) < 4.78 is 0. The van der Waals surface area contributed by atoms with Crippen molar-refractivity contribution in [1.29, 1.82) is 0 Å². The fraction of sp³-hybridized carbons (Fsp3) is 0.480. The molecule has 0 radical (unpaired) electrons. The number of hydrogen-bond donors (Lipinski definition) is 1. The quantitative estimate of drug-likeness (QED) is 0.773. The van der Waals surface area contributed by atoms with E-state index in [2.05, 4.69) is 33.2 Å². The van der Waals surface area contributed by atoms with Gasteiger partial charge in [-0.05, 0) is 50.2 Å². The van der Waals surface area contributed by atoms with Crippen molar-refractivity contribution in [2.75, 3.05) is 64.3 Å². The van der Waals surface area contributed by atoms with Gasteiger partial charge in [-0.1, -0.05) is 17.7 Å². The number of carbonyl (C=O) groups excluding carboxylic acids is 2. The predicted molar refractivity (Wildman–Crippen MR) is 129 cm³/mol. The molecule has 4 rings (SSSR count). The highest BCUT2D eigenvalue weighted by atomic mass is 16.2. The van der Waals surface area contributed by atoms with Gasteiger partial charge in [0.05, 0.1) is 0 Å². The van der Waals surface area contributed by atoms with E-state index in [-0.39, 0.29) is 11.9 Å². The van der Waals surface area contributed by atoms with E-state index in [0.717, 1.165) is 49.5 Å². The normalized spacial score (nSPS) is 17.6. The summed E-state index contributed by atoms with van der Waals surface area (Å²) in [4.78, 5) is 38.5. The van der Waals surface area contributed by atoms with Gasteiger partial charge in [-0.15, -0.1) is 0 Å². The molecule has 0 aliphatic carbocycles. The Labute approximate surface area is 196 Å². The first-order valence-corrected chi connectivity index (χ1v) is 11.8. The molecule has 0 bridgehead atoms. The molecule has 0 spiro atoms. The smallest absolute Gasteiger partial charge is 0.317 e. The highest BCUT2D eigenvalue weighted by Crippen LogP contribution is 2.15. The summed E-state index contributed by atoms with van der Waals surface area (Å²) in [5.41, 5.74) is 2.82. The number of nitrogens with zero attached hydrogens (tertiary/aromatic N) is 5. The standard InChI is InChI=1S/C25H34N6O2/c1-20-5-3-6-22(17-20)24(32)30-9-4-10-31(16-15-30)25(33)27-19-21-7-8-26-23(18-21)29-13-11-28(2)12-14-29/h3,5-8,17-18H,4,9-16,19H2,1-2H3,(H,27,33). The van der Waals surface area contributed by atoms with E-state index in [9.17, 15) is 9.59 Å². The molecule has 33 heavy (non-hydrogen) atoms. The Morgan fingerprint density at radius 2 is 1.70 bits per heavy atom. The number of likely N-dealkylation sites (N-methyl/N-ethyl adjacent to an activating group) is 1. The molecule has 0 saturated carbocycles. The van der Waals surface area contributed by atoms with Crippen LogP contribution in [0.5, 0.6) is 0 Å². The maximum atomic E-state index is 12.9. The van der Waals surface area contributed by atoms with E-state index < -0.39 is 0 Å². The van der Waals surface area contributed by atoms with Crippen LogP contribution in [0.2, 0.25) is 0 Å². The molecule has 2 saturated heterocycles. The number of pyridine rings is 1. The summed E-state index contributed by atoms with van der Waals surface area (Å²) in [5, 5.41) is 3.05. The average Bonchev–Trinajstić information content (AvgIpc) is 3.09. The fourth-order valence-electron chi connectivity index (χ4n) is 4.35. The number of hydrogen-bond acceptors (Lipinski definition) is 5. The molecule has 2 aromatic rings. The highest BCUT2D eigenvalue weighted by Gasteiger charge is 2.23. The number of amides is 3. The van der Waals surface area contributed by atoms with E-state index >= 15 is 0 Å². The minimum atomic E-state index is -0.0854. The lowest BCUT2D eigenvalue weighted by molar-refractivity contribution is 0.0762. The molecule has 2 fully saturated rings. The van der Waals surface area contributed by atoms with Crippen molar-refractivity contribution in [2.24, 2.45) is 0 Å². The zero-order valence-electron chi connectivity index (χ0n) is 19.7. The molecule has 8 heteroatoms. The predicted octanol–water partition coefficient (Wildman–Crippen LogP) is 2.20. The van der Waals surface area contributed by atoms with Crippen LogP contribution in [0.15, 0.2) is 42.6 Å². The summed E-state index contributed by atoms with van der Waals surface area (Å²) in [6, 6.07) is 11.6. The number of aryl methyl sites for hydroxylation is 1. The maximum absolute atomic E-state index is 12.9. The van der Waals surface area contributed by atoms with Gasteiger partial charge < -0.3 is 24.9 Å². The van der Waals surface area contributed by atoms with E-state index in [1.54, 1.807) is 0 Å². The van der Waals surface area contributed by atoms with Gasteiger partial charge in [0.1, 0.15) is 5.82 Å². The van der Waals surface area contributed by atoms with Gasteiger partial charge in [-0.2, -0.15) is 0 Å². The minimum absolute atomic E-state index is 0.0363. The lowest BCUT2D eigenvalue weighted by Gasteiger charge is -2.33. The van der Waals surface area contributed by atoms with Gasteiger partial charge in [-0.25, -0.2) is 9.78 Å². The first-order chi connectivity index (χ1) is 16.0. The van der Waals surface area contributed by atoms with Gasteiger partial charge in [0, 0.05) is 70.7 Å². The lowest BCUT2D eigenvalue weighted by Crippen LogP contribution is -2.45. The van der Waals surface area contributed by atoms with Gasteiger partial charge in [0.15, 0.2) is 0 Å². The van der Waals surface area contributed by atoms with E-state index in [1.807, 2.05) is 53.3 Å². The van der Waals surface area contributed by atoms with Crippen LogP contribution >= 0.6 is 0 Å². The second kappa shape index (κ2) is 10.7. The molecular formula is C25H34N6O2. The third kappa shape index (κ3) is 6.01. The van der Waals surface area contributed by atoms with Gasteiger partial charge in [-0.3, -0.25) is 4.79 Å². The number of nitrogens with one attached hydrogen (secondary N) is 1. The van der Waals surface area contributed by atoms with Crippen LogP contribution in [0.3, 0.4) is 0 Å². The number of aromatic nitrogens is 1. The second-order valence-corrected chi connectivity index (χ2v) is 8.97. The number of urea groups is 1. The Morgan fingerprint density at radius 1 is 0.939 bits per heavy atom. The fourth-order valence-corrected chi connectivity index (χ4v) is 4.35. The first kappa shape index (κ1) is 23.0. The number of piperazine rings is 1. The lowest BCUT2D eigenvalue weighted by atomic mass is 10.1. The zero-order chi connectivity index (χ0) is 23.2. The summed E-state index contributed by atoms with van der Waals surface area (Å²) in [6.07, 6.45) is 2.59. The average molecular weight is 451 g/mol. The molecule has 1 aromatic heterocycles. The van der Waals surface area contributed by atoms with Crippen molar-refractivity contribution >= 4 is 17.8 Å². The monoisotopic (exact) mass is 450 g/mol. The summed E-state index contributed by atoms with van der Waals surface area (Å²) in [5.74, 6) is 1.00. The number of benzene rings is 1. The van der Waals surface area contributed by atoms with Crippen molar-refractivity contribution in [3.8, 4) is 0 Å². The number of carbonyl (C=O) groups is 2. The molecule has 2 aliphatic rings. The van der Waals surface area contributed by atoms with Crippen LogP contribution in [-0.2, 0) is 6.54 Å². The minimum Gasteiger partial charge on any atom is -0.354 e. The molecule has 0 atom stereocenters. The van der Waals surface area contributed by atoms with E-state index in [1.165, 1.54) is 0 Å². The number of rotatable bonds is 4. The van der Waals surface area contributed by atoms with Gasteiger partial charge in [0.2, 0.25) is 0 Å². The molecule has 1 N–H and O–H groups in total. The third-order valence-electron chi connectivity index (χ3n) is 6.42. The molecular weight excluding hydrogens is 416 g/mol. The van der Waals surface area contributed by atoms with Crippen LogP contribution in [0, 0.1) is 6.92 Å². The zero-order valence-corrected chi connectivity index (χ0v) is 19.7. The second-order valence-electron chi connectivity index (χ2n) is 8.97. The van der Waals surface area contributed by atoms with Crippen LogP contribution in [0.25, 0.3) is 0 Å². The largest absolute Gasteiger partial charge is 0.354 e. The molecule has 1 aromatic carbocycles. The Kier molecular flexibility index (Phi) is 7.44. The SMILES string of the molecule is Cc1cccc(C(=O)N2CCCN(C(=O)NCc3ccnc(N4CCN(C)CC4)c3)CC2)c1. The van der Waals surface area contributed by atoms with Crippen LogP contribution in [0.1, 0.15) is 27.9 Å². The Hall–Kier alpha value is -3.13. The Morgan fingerprint density at radius 3 is 2.48 bits per heavy atom. The molecule has 3 amide bonds. The molecule has 2 aliphatic heterocycles. The van der Waals surface area contributed by atoms with Crippen molar-refractivity contribution in [3.05, 3.63) is 59.3 Å². The maximum Gasteiger partial charge on any atom is 0.317 e. The number of anilines is 1.